The molecule has 0 bridgehead atoms. The zero-order valence-electron chi connectivity index (χ0n) is 14.7. The van der Waals surface area contributed by atoms with Gasteiger partial charge in [-0.3, -0.25) is 0 Å². The average molecular weight is 369 g/mol. The summed E-state index contributed by atoms with van der Waals surface area (Å²) in [4.78, 5) is 0. The van der Waals surface area contributed by atoms with Gasteiger partial charge in [-0.1, -0.05) is 0 Å². The van der Waals surface area contributed by atoms with Crippen molar-refractivity contribution in [2.45, 2.75) is 69.9 Å². The van der Waals surface area contributed by atoms with Crippen molar-refractivity contribution in [2.24, 2.45) is 0 Å². The summed E-state index contributed by atoms with van der Waals surface area (Å²) in [5, 5.41) is 16.8. The van der Waals surface area contributed by atoms with E-state index in [0.29, 0.717) is 6.61 Å². The summed E-state index contributed by atoms with van der Waals surface area (Å²) < 4.78 is 30.3. The molecule has 0 N–H and O–H groups in total. The minimum absolute atomic E-state index is 0.353. The van der Waals surface area contributed by atoms with Gasteiger partial charge >= 0.3 is 0 Å². The van der Waals surface area contributed by atoms with E-state index in [1.54, 1.807) is 17.6 Å². The monoisotopic (exact) mass is 369 g/mol. The molecule has 4 heterocycles. The molecule has 138 valence electrons. The molecule has 1 aromatic heterocycles. The second kappa shape index (κ2) is 6.00. The lowest BCUT2D eigenvalue weighted by Crippen LogP contribution is -2.47. The molecule has 7 nitrogen and oxygen atoms in total. The van der Waals surface area contributed by atoms with E-state index in [2.05, 4.69) is 0 Å². The van der Waals surface area contributed by atoms with Gasteiger partial charge in [0, 0.05) is 10.9 Å². The maximum Gasteiger partial charge on any atom is 0.222 e. The third kappa shape index (κ3) is 3.34. The molecule has 0 aliphatic carbocycles. The molecule has 3 aliphatic heterocycles. The Labute approximate surface area is 150 Å². The smallest absolute Gasteiger partial charge is 0.222 e. The molecule has 0 aromatic carbocycles. The van der Waals surface area contributed by atoms with Gasteiger partial charge in [-0.15, -0.1) is 0 Å². The van der Waals surface area contributed by atoms with Gasteiger partial charge in [0.1, 0.15) is 6.10 Å². The standard InChI is InChI=1S/C17H23NO6S/c1-16(2)20-8-11(22-16)13-12(18(19)7-10-5-6-25-9-10)14-15(21-13)24-17(3,4)23-14/h5-7,9,11-15H,8H2,1-4H3/b18-7-/t11-,12-,13-,14-,15-/m1/s1. The summed E-state index contributed by atoms with van der Waals surface area (Å²) in [5.74, 6) is -1.48. The van der Waals surface area contributed by atoms with Crippen molar-refractivity contribution in [3.05, 3.63) is 27.6 Å². The molecule has 3 aliphatic rings. The summed E-state index contributed by atoms with van der Waals surface area (Å²) in [6.45, 7) is 7.69. The van der Waals surface area contributed by atoms with E-state index in [9.17, 15) is 5.21 Å². The Balaban J connectivity index is 1.62. The van der Waals surface area contributed by atoms with Crippen molar-refractivity contribution in [3.63, 3.8) is 0 Å². The number of fused-ring (bicyclic) bond motifs is 1. The molecule has 3 fully saturated rings. The summed E-state index contributed by atoms with van der Waals surface area (Å²) in [6, 6.07) is 1.32. The van der Waals surface area contributed by atoms with Gasteiger partial charge in [0.2, 0.25) is 6.04 Å². The minimum Gasteiger partial charge on any atom is -0.623 e. The second-order valence-electron chi connectivity index (χ2n) is 7.47. The van der Waals surface area contributed by atoms with Gasteiger partial charge in [0.15, 0.2) is 36.3 Å². The van der Waals surface area contributed by atoms with Crippen molar-refractivity contribution < 1.29 is 28.4 Å². The lowest BCUT2D eigenvalue weighted by molar-refractivity contribution is -0.516. The van der Waals surface area contributed by atoms with Crippen LogP contribution in [0, 0.1) is 5.21 Å². The maximum atomic E-state index is 12.9. The molecule has 8 heteroatoms. The lowest BCUT2D eigenvalue weighted by Gasteiger charge is -2.27. The Bertz CT molecular complexity index is 658. The van der Waals surface area contributed by atoms with Crippen LogP contribution in [0.2, 0.25) is 0 Å². The Morgan fingerprint density at radius 3 is 2.60 bits per heavy atom. The second-order valence-corrected chi connectivity index (χ2v) is 8.25. The summed E-state index contributed by atoms with van der Waals surface area (Å²) >= 11 is 1.54. The van der Waals surface area contributed by atoms with E-state index in [-0.39, 0.29) is 6.10 Å². The lowest BCUT2D eigenvalue weighted by atomic mass is 10.0. The Hall–Kier alpha value is -1.03. The van der Waals surface area contributed by atoms with Crippen LogP contribution >= 0.6 is 11.3 Å². The zero-order chi connectivity index (χ0) is 17.8. The van der Waals surface area contributed by atoms with Crippen molar-refractivity contribution in [1.82, 2.24) is 0 Å². The molecule has 3 saturated heterocycles. The Morgan fingerprint density at radius 2 is 1.96 bits per heavy atom. The molecule has 0 saturated carbocycles. The summed E-state index contributed by atoms with van der Waals surface area (Å²) in [7, 11) is 0. The van der Waals surface area contributed by atoms with Gasteiger partial charge in [-0.25, -0.2) is 4.74 Å². The van der Waals surface area contributed by atoms with Gasteiger partial charge in [0.25, 0.3) is 0 Å². The molecule has 4 rings (SSSR count). The zero-order valence-corrected chi connectivity index (χ0v) is 15.5. The van der Waals surface area contributed by atoms with E-state index in [1.807, 2.05) is 44.5 Å². The van der Waals surface area contributed by atoms with E-state index >= 15 is 0 Å². The fourth-order valence-corrected chi connectivity index (χ4v) is 4.18. The number of ether oxygens (including phenoxy) is 5. The number of nitrogens with zero attached hydrogens (tertiary/aromatic N) is 1. The van der Waals surface area contributed by atoms with Crippen molar-refractivity contribution in [3.8, 4) is 0 Å². The Kier molecular flexibility index (Phi) is 4.18. The minimum atomic E-state index is -0.784. The number of hydroxylamine groups is 1. The van der Waals surface area contributed by atoms with Crippen molar-refractivity contribution in [2.75, 3.05) is 6.61 Å². The van der Waals surface area contributed by atoms with Crippen LogP contribution in [0.1, 0.15) is 33.3 Å². The quantitative estimate of drug-likeness (QED) is 0.352. The first-order chi connectivity index (χ1) is 11.7. The first kappa shape index (κ1) is 17.4. The third-order valence-corrected chi connectivity index (χ3v) is 5.26. The highest BCUT2D eigenvalue weighted by Crippen LogP contribution is 2.41. The van der Waals surface area contributed by atoms with Crippen molar-refractivity contribution in [1.29, 1.82) is 0 Å². The predicted octanol–water partition coefficient (Wildman–Crippen LogP) is 2.07. The van der Waals surface area contributed by atoms with Gasteiger partial charge in [-0.2, -0.15) is 11.3 Å². The fraction of sp³-hybridized carbons (Fsp3) is 0.706. The molecule has 0 amide bonds. The largest absolute Gasteiger partial charge is 0.623 e. The molecule has 0 radical (unpaired) electrons. The van der Waals surface area contributed by atoms with Crippen molar-refractivity contribution >= 4 is 17.6 Å². The predicted molar refractivity (Wildman–Crippen MR) is 90.5 cm³/mol. The van der Waals surface area contributed by atoms with Crippen LogP contribution in [0.4, 0.5) is 0 Å². The number of rotatable bonds is 3. The normalized spacial score (nSPS) is 39.7. The number of hydrogen-bond donors (Lipinski definition) is 0. The number of hydrogen-bond acceptors (Lipinski definition) is 7. The highest BCUT2D eigenvalue weighted by Gasteiger charge is 2.62. The van der Waals surface area contributed by atoms with Crippen LogP contribution in [0.15, 0.2) is 16.8 Å². The van der Waals surface area contributed by atoms with Crippen LogP contribution in [0.3, 0.4) is 0 Å². The third-order valence-electron chi connectivity index (χ3n) is 4.56. The van der Waals surface area contributed by atoms with Crippen LogP contribution < -0.4 is 0 Å². The van der Waals surface area contributed by atoms with Gasteiger partial charge in [-0.05, 0) is 39.1 Å². The average Bonchev–Trinajstić information content (AvgIpc) is 3.22. The molecular formula is C17H23NO6S. The molecule has 5 atom stereocenters. The highest BCUT2D eigenvalue weighted by molar-refractivity contribution is 7.08. The van der Waals surface area contributed by atoms with Gasteiger partial charge in [0.05, 0.1) is 6.61 Å². The van der Waals surface area contributed by atoms with E-state index < -0.39 is 36.1 Å². The SMILES string of the molecule is CC1(C)O[C@H]2O[C@H]([C@H]3COC(C)(C)O3)[C@@H](/[N+]([O-])=C/c3ccsc3)[C@H]2O1. The van der Waals surface area contributed by atoms with E-state index in [4.69, 9.17) is 23.7 Å². The fourth-order valence-electron chi connectivity index (χ4n) is 3.57. The molecule has 25 heavy (non-hydrogen) atoms. The van der Waals surface area contributed by atoms with E-state index in [0.717, 1.165) is 10.3 Å². The van der Waals surface area contributed by atoms with Crippen LogP contribution in [-0.2, 0) is 23.7 Å². The highest BCUT2D eigenvalue weighted by atomic mass is 32.1. The molecule has 0 spiro atoms. The summed E-state index contributed by atoms with van der Waals surface area (Å²) in [5.41, 5.74) is 0.851. The van der Waals surface area contributed by atoms with E-state index in [1.165, 1.54) is 0 Å². The van der Waals surface area contributed by atoms with Gasteiger partial charge < -0.3 is 28.9 Å². The molecule has 0 unspecified atom stereocenters. The van der Waals surface area contributed by atoms with Crippen LogP contribution in [0.5, 0.6) is 0 Å². The number of thiophene rings is 1. The topological polar surface area (TPSA) is 72.2 Å². The molecular weight excluding hydrogens is 346 g/mol. The first-order valence-electron chi connectivity index (χ1n) is 8.39. The Morgan fingerprint density at radius 1 is 1.16 bits per heavy atom. The first-order valence-corrected chi connectivity index (χ1v) is 9.34. The van der Waals surface area contributed by atoms with Crippen LogP contribution in [0.25, 0.3) is 0 Å². The maximum absolute atomic E-state index is 12.9. The van der Waals surface area contributed by atoms with Crippen LogP contribution in [-0.4, -0.2) is 59.8 Å². The summed E-state index contributed by atoms with van der Waals surface area (Å²) in [6.07, 6.45) is -0.368. The molecule has 1 aromatic rings.